The van der Waals surface area contributed by atoms with Crippen molar-refractivity contribution in [1.82, 2.24) is 9.97 Å². The number of urea groups is 1. The first-order valence-corrected chi connectivity index (χ1v) is 7.08. The van der Waals surface area contributed by atoms with Crippen molar-refractivity contribution in [3.8, 4) is 16.9 Å². The topological polar surface area (TPSA) is 101 Å². The van der Waals surface area contributed by atoms with Gasteiger partial charge < -0.3 is 10.8 Å². The Balaban J connectivity index is 2.10. The van der Waals surface area contributed by atoms with Crippen LogP contribution in [0.5, 0.6) is 5.75 Å². The lowest BCUT2D eigenvalue weighted by Crippen LogP contribution is -2.20. The molecule has 0 bridgehead atoms. The first-order valence-electron chi connectivity index (χ1n) is 7.08. The maximum atomic E-state index is 10.9. The van der Waals surface area contributed by atoms with Gasteiger partial charge in [0.05, 0.1) is 17.2 Å². The minimum absolute atomic E-state index is 0.306. The second kappa shape index (κ2) is 5.57. The van der Waals surface area contributed by atoms with Crippen LogP contribution in [0.4, 0.5) is 10.6 Å². The number of hydrogen-bond donors (Lipinski definition) is 3. The van der Waals surface area contributed by atoms with Crippen molar-refractivity contribution in [3.63, 3.8) is 0 Å². The van der Waals surface area contributed by atoms with E-state index in [0.717, 1.165) is 27.8 Å². The minimum atomic E-state index is -0.681. The lowest BCUT2D eigenvalue weighted by molar-refractivity contribution is 0.259. The molecule has 23 heavy (non-hydrogen) atoms. The van der Waals surface area contributed by atoms with Crippen LogP contribution in [0.3, 0.4) is 0 Å². The molecule has 0 saturated carbocycles. The molecule has 0 radical (unpaired) electrons. The average Bonchev–Trinajstić information content (AvgIpc) is 2.50. The van der Waals surface area contributed by atoms with Gasteiger partial charge in [-0.05, 0) is 60.4 Å². The van der Waals surface area contributed by atoms with Gasteiger partial charge in [-0.15, -0.1) is 0 Å². The van der Waals surface area contributed by atoms with E-state index in [4.69, 9.17) is 5.73 Å². The third-order valence-electron chi connectivity index (χ3n) is 3.62. The lowest BCUT2D eigenvalue weighted by Gasteiger charge is -2.09. The molecule has 4 N–H and O–H groups in total. The Morgan fingerprint density at radius 2 is 1.78 bits per heavy atom. The number of rotatable bonds is 2. The van der Waals surface area contributed by atoms with E-state index in [2.05, 4.69) is 15.3 Å². The number of carbonyl (C=O) groups excluding carboxylic acids is 1. The van der Waals surface area contributed by atoms with Crippen molar-refractivity contribution in [2.24, 2.45) is 5.73 Å². The van der Waals surface area contributed by atoms with Gasteiger partial charge in [-0.25, -0.2) is 9.78 Å². The predicted octanol–water partition coefficient (Wildman–Crippen LogP) is 3.11. The maximum Gasteiger partial charge on any atom is 0.317 e. The molecule has 1 aromatic heterocycles. The predicted molar refractivity (Wildman–Crippen MR) is 89.3 cm³/mol. The van der Waals surface area contributed by atoms with E-state index in [9.17, 15) is 9.90 Å². The molecule has 2 aromatic carbocycles. The van der Waals surface area contributed by atoms with E-state index in [1.807, 2.05) is 44.2 Å². The molecule has 0 unspecified atom stereocenters. The second-order valence-electron chi connectivity index (χ2n) is 5.41. The molecule has 0 aliphatic heterocycles. The number of anilines is 1. The van der Waals surface area contributed by atoms with Crippen LogP contribution in [-0.4, -0.2) is 21.1 Å². The zero-order valence-electron chi connectivity index (χ0n) is 12.8. The largest absolute Gasteiger partial charge is 0.507 e. The summed E-state index contributed by atoms with van der Waals surface area (Å²) < 4.78 is 0. The van der Waals surface area contributed by atoms with Crippen LogP contribution < -0.4 is 11.1 Å². The van der Waals surface area contributed by atoms with Gasteiger partial charge in [0.1, 0.15) is 5.75 Å². The van der Waals surface area contributed by atoms with Gasteiger partial charge in [-0.1, -0.05) is 6.07 Å². The fourth-order valence-electron chi connectivity index (χ4n) is 2.50. The van der Waals surface area contributed by atoms with Crippen LogP contribution in [0.2, 0.25) is 0 Å². The van der Waals surface area contributed by atoms with E-state index < -0.39 is 6.03 Å². The Bertz CT molecular complexity index is 899. The number of aromatic hydroxyl groups is 1. The minimum Gasteiger partial charge on any atom is -0.507 e. The summed E-state index contributed by atoms with van der Waals surface area (Å²) in [7, 11) is 0. The fourth-order valence-corrected chi connectivity index (χ4v) is 2.50. The number of primary amides is 1. The van der Waals surface area contributed by atoms with Gasteiger partial charge >= 0.3 is 6.03 Å². The summed E-state index contributed by atoms with van der Waals surface area (Å²) in [6.45, 7) is 3.73. The van der Waals surface area contributed by atoms with Crippen LogP contribution in [-0.2, 0) is 0 Å². The molecule has 0 aliphatic carbocycles. The highest BCUT2D eigenvalue weighted by molar-refractivity contribution is 5.88. The van der Waals surface area contributed by atoms with E-state index in [1.165, 1.54) is 6.20 Å². The zero-order valence-corrected chi connectivity index (χ0v) is 12.8. The van der Waals surface area contributed by atoms with Crippen LogP contribution in [0.15, 0.2) is 36.5 Å². The second-order valence-corrected chi connectivity index (χ2v) is 5.41. The number of aryl methyl sites for hydroxylation is 2. The van der Waals surface area contributed by atoms with Crippen LogP contribution in [0.25, 0.3) is 22.2 Å². The number of carbonyl (C=O) groups is 1. The first-order chi connectivity index (χ1) is 10.9. The molecule has 2 amide bonds. The summed E-state index contributed by atoms with van der Waals surface area (Å²) in [5, 5.41) is 12.3. The molecule has 0 atom stereocenters. The summed E-state index contributed by atoms with van der Waals surface area (Å²) in [6, 6.07) is 8.86. The van der Waals surface area contributed by atoms with Gasteiger partial charge in [0.2, 0.25) is 0 Å². The van der Waals surface area contributed by atoms with E-state index in [1.54, 1.807) is 0 Å². The molecule has 6 heteroatoms. The van der Waals surface area contributed by atoms with Gasteiger partial charge in [-0.2, -0.15) is 0 Å². The van der Waals surface area contributed by atoms with Crippen molar-refractivity contribution in [2.45, 2.75) is 13.8 Å². The normalized spacial score (nSPS) is 10.7. The third kappa shape index (κ3) is 2.91. The fraction of sp³-hybridized carbons (Fsp3) is 0.118. The van der Waals surface area contributed by atoms with Crippen molar-refractivity contribution in [3.05, 3.63) is 47.7 Å². The lowest BCUT2D eigenvalue weighted by atomic mass is 9.99. The number of phenols is 1. The summed E-state index contributed by atoms with van der Waals surface area (Å²) >= 11 is 0. The molecule has 0 aliphatic rings. The highest BCUT2D eigenvalue weighted by Crippen LogP contribution is 2.30. The van der Waals surface area contributed by atoms with Gasteiger partial charge in [-0.3, -0.25) is 10.3 Å². The molecule has 1 heterocycles. The van der Waals surface area contributed by atoms with Crippen LogP contribution in [0, 0.1) is 13.8 Å². The number of aromatic nitrogens is 2. The SMILES string of the molecule is Cc1cc(-c2ccc3ncc(NC(N)=O)nc3c2)cc(C)c1O. The summed E-state index contributed by atoms with van der Waals surface area (Å²) in [4.78, 5) is 19.5. The molecule has 116 valence electrons. The van der Waals surface area contributed by atoms with E-state index in [0.29, 0.717) is 17.1 Å². The van der Waals surface area contributed by atoms with Gasteiger partial charge in [0, 0.05) is 0 Å². The monoisotopic (exact) mass is 308 g/mol. The van der Waals surface area contributed by atoms with E-state index in [-0.39, 0.29) is 0 Å². The van der Waals surface area contributed by atoms with Crippen LogP contribution in [0.1, 0.15) is 11.1 Å². The first kappa shape index (κ1) is 14.8. The molecular weight excluding hydrogens is 292 g/mol. The number of amides is 2. The number of hydrogen-bond acceptors (Lipinski definition) is 4. The van der Waals surface area contributed by atoms with E-state index >= 15 is 0 Å². The zero-order chi connectivity index (χ0) is 16.6. The number of nitrogens with one attached hydrogen (secondary N) is 1. The Labute approximate surface area is 133 Å². The summed E-state index contributed by atoms with van der Waals surface area (Å²) in [5.41, 5.74) is 10.0. The number of benzene rings is 2. The highest BCUT2D eigenvalue weighted by Gasteiger charge is 2.08. The number of phenolic OH excluding ortho intramolecular Hbond substituents is 1. The Morgan fingerprint density at radius 1 is 1.09 bits per heavy atom. The molecule has 0 fully saturated rings. The van der Waals surface area contributed by atoms with Crippen molar-refractivity contribution in [2.75, 3.05) is 5.32 Å². The molecule has 0 saturated heterocycles. The Hall–Kier alpha value is -3.15. The summed E-state index contributed by atoms with van der Waals surface area (Å²) in [6.07, 6.45) is 1.46. The molecular formula is C17H16N4O2. The smallest absolute Gasteiger partial charge is 0.317 e. The molecule has 0 spiro atoms. The van der Waals surface area contributed by atoms with Crippen molar-refractivity contribution < 1.29 is 9.90 Å². The van der Waals surface area contributed by atoms with Gasteiger partial charge in [0.15, 0.2) is 5.82 Å². The van der Waals surface area contributed by atoms with Crippen molar-refractivity contribution >= 4 is 22.9 Å². The van der Waals surface area contributed by atoms with Crippen LogP contribution >= 0.6 is 0 Å². The quantitative estimate of drug-likeness (QED) is 0.677. The third-order valence-corrected chi connectivity index (χ3v) is 3.62. The maximum absolute atomic E-state index is 10.9. The molecule has 3 aromatic rings. The molecule has 3 rings (SSSR count). The highest BCUT2D eigenvalue weighted by atomic mass is 16.3. The Morgan fingerprint density at radius 3 is 2.43 bits per heavy atom. The number of nitrogens with two attached hydrogens (primary N) is 1. The standard InChI is InChI=1S/C17H16N4O2/c1-9-5-12(6-10(2)16(9)22)11-3-4-13-14(7-11)20-15(8-19-13)21-17(18)23/h3-8,22H,1-2H3,(H3,18,20,21,23). The average molecular weight is 308 g/mol. The number of fused-ring (bicyclic) bond motifs is 1. The number of nitrogens with zero attached hydrogens (tertiary/aromatic N) is 2. The Kier molecular flexibility index (Phi) is 3.57. The van der Waals surface area contributed by atoms with Crippen molar-refractivity contribution in [1.29, 1.82) is 0 Å². The summed E-state index contributed by atoms with van der Waals surface area (Å²) in [5.74, 6) is 0.613. The van der Waals surface area contributed by atoms with Gasteiger partial charge in [0.25, 0.3) is 0 Å². The molecule has 6 nitrogen and oxygen atoms in total.